The van der Waals surface area contributed by atoms with Gasteiger partial charge in [-0.25, -0.2) is 0 Å². The molecule has 0 saturated carbocycles. The smallest absolute Gasteiger partial charge is 0.150 e. The van der Waals surface area contributed by atoms with E-state index in [2.05, 4.69) is 29.2 Å². The molecule has 1 saturated heterocycles. The number of hydrogen-bond acceptors (Lipinski definition) is 4. The largest absolute Gasteiger partial charge is 0.360 e. The third kappa shape index (κ3) is 3.07. The summed E-state index contributed by atoms with van der Waals surface area (Å²) in [7, 11) is 0. The minimum atomic E-state index is 0.274. The van der Waals surface area contributed by atoms with E-state index < -0.39 is 0 Å². The Morgan fingerprint density at radius 2 is 2.29 bits per heavy atom. The molecule has 2 rings (SSSR count). The highest BCUT2D eigenvalue weighted by Crippen LogP contribution is 2.20. The summed E-state index contributed by atoms with van der Waals surface area (Å²) in [5.74, 6) is 0.966. The molecule has 0 amide bonds. The minimum Gasteiger partial charge on any atom is -0.360 e. The summed E-state index contributed by atoms with van der Waals surface area (Å²) in [6.07, 6.45) is 5.28. The normalized spacial score (nSPS) is 21.3. The van der Waals surface area contributed by atoms with Crippen LogP contribution in [0.1, 0.15) is 38.9 Å². The maximum Gasteiger partial charge on any atom is 0.150 e. The zero-order valence-corrected chi connectivity index (χ0v) is 10.9. The first-order valence-electron chi connectivity index (χ1n) is 6.65. The molecule has 1 aliphatic rings. The molecule has 4 heteroatoms. The lowest BCUT2D eigenvalue weighted by Crippen LogP contribution is -2.50. The van der Waals surface area contributed by atoms with Crippen molar-refractivity contribution in [3.63, 3.8) is 0 Å². The van der Waals surface area contributed by atoms with Gasteiger partial charge in [-0.2, -0.15) is 0 Å². The van der Waals surface area contributed by atoms with Crippen molar-refractivity contribution in [1.29, 1.82) is 0 Å². The van der Waals surface area contributed by atoms with E-state index in [9.17, 15) is 0 Å². The molecule has 17 heavy (non-hydrogen) atoms. The Labute approximate surface area is 103 Å². The average molecular weight is 237 g/mol. The van der Waals surface area contributed by atoms with Crippen LogP contribution in [-0.2, 0) is 6.54 Å². The van der Waals surface area contributed by atoms with Gasteiger partial charge in [0.2, 0.25) is 0 Å². The minimum absolute atomic E-state index is 0.274. The van der Waals surface area contributed by atoms with Gasteiger partial charge in [-0.15, -0.1) is 0 Å². The Bertz CT molecular complexity index is 319. The predicted molar refractivity (Wildman–Crippen MR) is 67.7 cm³/mol. The van der Waals surface area contributed by atoms with E-state index in [1.54, 1.807) is 6.20 Å². The molecule has 4 nitrogen and oxygen atoms in total. The van der Waals surface area contributed by atoms with Crippen molar-refractivity contribution in [1.82, 2.24) is 15.4 Å². The van der Waals surface area contributed by atoms with Crippen LogP contribution < -0.4 is 5.32 Å². The number of hydrogen-bond donors (Lipinski definition) is 1. The van der Waals surface area contributed by atoms with Crippen molar-refractivity contribution < 1.29 is 4.52 Å². The SMILES string of the molecule is CCC1(CC)CN(Cc2ccno2)CCCN1. The monoisotopic (exact) mass is 237 g/mol. The molecule has 0 unspecified atom stereocenters. The molecule has 0 bridgehead atoms. The van der Waals surface area contributed by atoms with E-state index in [4.69, 9.17) is 4.52 Å². The highest BCUT2D eigenvalue weighted by molar-refractivity contribution is 4.96. The highest BCUT2D eigenvalue weighted by Gasteiger charge is 2.30. The van der Waals surface area contributed by atoms with Gasteiger partial charge in [-0.3, -0.25) is 4.90 Å². The predicted octanol–water partition coefficient (Wildman–Crippen LogP) is 2.03. The standard InChI is InChI=1S/C13H23N3O/c1-3-13(4-2)11-16(9-5-7-14-13)10-12-6-8-15-17-12/h6,8,14H,3-5,7,9-11H2,1-2H3. The molecule has 2 heterocycles. The van der Waals surface area contributed by atoms with Gasteiger partial charge in [-0.1, -0.05) is 19.0 Å². The summed E-state index contributed by atoms with van der Waals surface area (Å²) in [5, 5.41) is 7.49. The van der Waals surface area contributed by atoms with E-state index in [0.29, 0.717) is 0 Å². The number of rotatable bonds is 4. The molecule has 0 aliphatic carbocycles. The molecule has 96 valence electrons. The maximum absolute atomic E-state index is 5.20. The molecular weight excluding hydrogens is 214 g/mol. The van der Waals surface area contributed by atoms with Gasteiger partial charge >= 0.3 is 0 Å². The second kappa shape index (κ2) is 5.65. The number of nitrogens with zero attached hydrogens (tertiary/aromatic N) is 2. The van der Waals surface area contributed by atoms with E-state index in [-0.39, 0.29) is 5.54 Å². The summed E-state index contributed by atoms with van der Waals surface area (Å²) in [5.41, 5.74) is 0.274. The topological polar surface area (TPSA) is 41.3 Å². The van der Waals surface area contributed by atoms with Crippen LogP contribution in [0.4, 0.5) is 0 Å². The first-order chi connectivity index (χ1) is 8.28. The van der Waals surface area contributed by atoms with E-state index in [1.807, 2.05) is 6.07 Å². The van der Waals surface area contributed by atoms with Gasteiger partial charge in [0, 0.05) is 18.2 Å². The second-order valence-electron chi connectivity index (χ2n) is 4.96. The molecule has 1 fully saturated rings. The summed E-state index contributed by atoms with van der Waals surface area (Å²) < 4.78 is 5.20. The Kier molecular flexibility index (Phi) is 4.18. The molecule has 0 spiro atoms. The number of aromatic nitrogens is 1. The highest BCUT2D eigenvalue weighted by atomic mass is 16.5. The lowest BCUT2D eigenvalue weighted by atomic mass is 9.92. The lowest BCUT2D eigenvalue weighted by Gasteiger charge is -2.35. The number of nitrogens with one attached hydrogen (secondary N) is 1. The van der Waals surface area contributed by atoms with Gasteiger partial charge in [0.15, 0.2) is 5.76 Å². The van der Waals surface area contributed by atoms with Crippen molar-refractivity contribution in [2.75, 3.05) is 19.6 Å². The zero-order chi connectivity index (χ0) is 12.1. The van der Waals surface area contributed by atoms with E-state index >= 15 is 0 Å². The molecule has 0 atom stereocenters. The Morgan fingerprint density at radius 1 is 1.47 bits per heavy atom. The third-order valence-corrected chi connectivity index (χ3v) is 3.90. The van der Waals surface area contributed by atoms with Gasteiger partial charge < -0.3 is 9.84 Å². The first-order valence-corrected chi connectivity index (χ1v) is 6.65. The molecule has 1 aromatic heterocycles. The van der Waals surface area contributed by atoms with Gasteiger partial charge in [-0.05, 0) is 32.4 Å². The Balaban J connectivity index is 2.01. The van der Waals surface area contributed by atoms with E-state index in [1.165, 1.54) is 19.3 Å². The fourth-order valence-electron chi connectivity index (χ4n) is 2.62. The fraction of sp³-hybridized carbons (Fsp3) is 0.769. The lowest BCUT2D eigenvalue weighted by molar-refractivity contribution is 0.176. The van der Waals surface area contributed by atoms with Crippen LogP contribution in [0.5, 0.6) is 0 Å². The molecule has 1 aliphatic heterocycles. The zero-order valence-electron chi connectivity index (χ0n) is 10.9. The van der Waals surface area contributed by atoms with Crippen LogP contribution in [0, 0.1) is 0 Å². The Hall–Kier alpha value is -0.870. The van der Waals surface area contributed by atoms with Gasteiger partial charge in [0.25, 0.3) is 0 Å². The van der Waals surface area contributed by atoms with Crippen molar-refractivity contribution in [3.05, 3.63) is 18.0 Å². The first kappa shape index (κ1) is 12.6. The van der Waals surface area contributed by atoms with Crippen LogP contribution >= 0.6 is 0 Å². The van der Waals surface area contributed by atoms with Crippen LogP contribution in [0.25, 0.3) is 0 Å². The van der Waals surface area contributed by atoms with Crippen LogP contribution in [0.3, 0.4) is 0 Å². The van der Waals surface area contributed by atoms with Crippen molar-refractivity contribution in [3.8, 4) is 0 Å². The summed E-state index contributed by atoms with van der Waals surface area (Å²) in [4.78, 5) is 2.48. The van der Waals surface area contributed by atoms with Crippen LogP contribution in [0.2, 0.25) is 0 Å². The molecule has 0 aromatic carbocycles. The molecule has 1 N–H and O–H groups in total. The second-order valence-corrected chi connectivity index (χ2v) is 4.96. The fourth-order valence-corrected chi connectivity index (χ4v) is 2.62. The maximum atomic E-state index is 5.20. The summed E-state index contributed by atoms with van der Waals surface area (Å²) in [6.45, 7) is 8.77. The molecular formula is C13H23N3O. The van der Waals surface area contributed by atoms with Crippen molar-refractivity contribution >= 4 is 0 Å². The van der Waals surface area contributed by atoms with Crippen LogP contribution in [-0.4, -0.2) is 35.2 Å². The quantitative estimate of drug-likeness (QED) is 0.870. The van der Waals surface area contributed by atoms with E-state index in [0.717, 1.165) is 31.9 Å². The molecule has 1 aromatic rings. The van der Waals surface area contributed by atoms with Crippen molar-refractivity contribution in [2.45, 2.75) is 45.2 Å². The summed E-state index contributed by atoms with van der Waals surface area (Å²) in [6, 6.07) is 1.96. The molecule has 0 radical (unpaired) electrons. The van der Waals surface area contributed by atoms with Crippen molar-refractivity contribution in [2.24, 2.45) is 0 Å². The van der Waals surface area contributed by atoms with Gasteiger partial charge in [0.1, 0.15) is 0 Å². The van der Waals surface area contributed by atoms with Crippen LogP contribution in [0.15, 0.2) is 16.8 Å². The third-order valence-electron chi connectivity index (χ3n) is 3.90. The summed E-state index contributed by atoms with van der Waals surface area (Å²) >= 11 is 0. The van der Waals surface area contributed by atoms with Gasteiger partial charge in [0.05, 0.1) is 12.7 Å². The average Bonchev–Trinajstić information content (AvgIpc) is 2.76. The Morgan fingerprint density at radius 3 is 2.94 bits per heavy atom.